The minimum atomic E-state index is -1.09. The van der Waals surface area contributed by atoms with Crippen molar-refractivity contribution in [1.82, 2.24) is 14.7 Å². The Hall–Kier alpha value is -3.07. The van der Waals surface area contributed by atoms with Gasteiger partial charge in [-0.15, -0.1) is 0 Å². The van der Waals surface area contributed by atoms with Gasteiger partial charge in [-0.05, 0) is 44.5 Å². The van der Waals surface area contributed by atoms with Crippen LogP contribution in [-0.2, 0) is 19.1 Å². The summed E-state index contributed by atoms with van der Waals surface area (Å²) in [6, 6.07) is 5.27. The Morgan fingerprint density at radius 1 is 1.00 bits per heavy atom. The van der Waals surface area contributed by atoms with Gasteiger partial charge in [-0.25, -0.2) is 4.90 Å². The summed E-state index contributed by atoms with van der Waals surface area (Å²) in [5, 5.41) is 0. The van der Waals surface area contributed by atoms with Crippen molar-refractivity contribution in [3.05, 3.63) is 35.4 Å². The molecule has 1 atom stereocenters. The van der Waals surface area contributed by atoms with E-state index in [-0.39, 0.29) is 30.5 Å². The highest BCUT2D eigenvalue weighted by Gasteiger charge is 2.47. The van der Waals surface area contributed by atoms with Gasteiger partial charge in [-0.2, -0.15) is 0 Å². The van der Waals surface area contributed by atoms with E-state index in [0.29, 0.717) is 0 Å². The van der Waals surface area contributed by atoms with Crippen LogP contribution < -0.4 is 0 Å². The first kappa shape index (κ1) is 19.3. The van der Waals surface area contributed by atoms with Gasteiger partial charge in [-0.1, -0.05) is 12.1 Å². The lowest BCUT2D eigenvalue weighted by molar-refractivity contribution is -0.164. The molecule has 1 aromatic carbocycles. The molecular formula is C20H21N3O6. The van der Waals surface area contributed by atoms with Crippen LogP contribution in [0.25, 0.3) is 0 Å². The highest BCUT2D eigenvalue weighted by atomic mass is 16.5. The Bertz CT molecular complexity index is 857. The van der Waals surface area contributed by atoms with Gasteiger partial charge in [0.1, 0.15) is 6.04 Å². The molecular weight excluding hydrogens is 378 g/mol. The number of fused-ring (bicyclic) bond motifs is 1. The molecule has 0 N–H and O–H groups in total. The number of hydrogen-bond acceptors (Lipinski definition) is 7. The summed E-state index contributed by atoms with van der Waals surface area (Å²) in [4.78, 5) is 66.1. The van der Waals surface area contributed by atoms with Crippen LogP contribution in [0.2, 0.25) is 0 Å². The average Bonchev–Trinajstić information content (AvgIpc) is 3.30. The molecule has 29 heavy (non-hydrogen) atoms. The summed E-state index contributed by atoms with van der Waals surface area (Å²) in [6.45, 7) is 1.24. The number of carbonyl (C=O) groups is 5. The Morgan fingerprint density at radius 3 is 2.24 bits per heavy atom. The van der Waals surface area contributed by atoms with Crippen molar-refractivity contribution in [3.63, 3.8) is 0 Å². The Kier molecular flexibility index (Phi) is 5.14. The van der Waals surface area contributed by atoms with E-state index in [4.69, 9.17) is 4.74 Å². The number of imide groups is 2. The first-order valence-corrected chi connectivity index (χ1v) is 9.66. The Balaban J connectivity index is 1.43. The van der Waals surface area contributed by atoms with Crippen LogP contribution in [0.5, 0.6) is 0 Å². The summed E-state index contributed by atoms with van der Waals surface area (Å²) in [5.41, 5.74) is 0.483. The molecule has 3 aliphatic heterocycles. The summed E-state index contributed by atoms with van der Waals surface area (Å²) in [5.74, 6) is -2.81. The fourth-order valence-corrected chi connectivity index (χ4v) is 3.99. The van der Waals surface area contributed by atoms with Crippen LogP contribution in [0.1, 0.15) is 46.4 Å². The fraction of sp³-hybridized carbons (Fsp3) is 0.450. The number of likely N-dealkylation sites (tertiary alicyclic amines) is 2. The lowest BCUT2D eigenvalue weighted by atomic mass is 10.0. The molecule has 0 bridgehead atoms. The molecule has 2 saturated heterocycles. The summed E-state index contributed by atoms with van der Waals surface area (Å²) in [6.07, 6.45) is 2.09. The lowest BCUT2D eigenvalue weighted by Crippen LogP contribution is -2.56. The number of ether oxygens (including phenoxy) is 1. The molecule has 152 valence electrons. The van der Waals surface area contributed by atoms with Gasteiger partial charge >= 0.3 is 5.97 Å². The predicted molar refractivity (Wildman–Crippen MR) is 98.5 cm³/mol. The van der Waals surface area contributed by atoms with E-state index >= 15 is 0 Å². The second-order valence-electron chi connectivity index (χ2n) is 7.37. The van der Waals surface area contributed by atoms with E-state index in [2.05, 4.69) is 0 Å². The zero-order valence-electron chi connectivity index (χ0n) is 15.8. The maximum atomic E-state index is 12.9. The minimum absolute atomic E-state index is 0.0203. The number of piperidine rings is 1. The summed E-state index contributed by atoms with van der Waals surface area (Å²) >= 11 is 0. The van der Waals surface area contributed by atoms with Crippen LogP contribution in [0, 0.1) is 0 Å². The van der Waals surface area contributed by atoms with E-state index in [9.17, 15) is 24.0 Å². The molecule has 4 amide bonds. The number of nitrogens with zero attached hydrogens (tertiary/aromatic N) is 3. The topological polar surface area (TPSA) is 104 Å². The summed E-state index contributed by atoms with van der Waals surface area (Å²) in [7, 11) is 0. The van der Waals surface area contributed by atoms with Crippen LogP contribution in [0.15, 0.2) is 24.3 Å². The third kappa shape index (κ3) is 3.53. The molecule has 0 spiro atoms. The molecule has 0 aromatic heterocycles. The third-order valence-electron chi connectivity index (χ3n) is 5.53. The van der Waals surface area contributed by atoms with Gasteiger partial charge in [0, 0.05) is 6.42 Å². The number of esters is 1. The zero-order valence-corrected chi connectivity index (χ0v) is 15.8. The molecule has 0 saturated carbocycles. The van der Waals surface area contributed by atoms with Crippen LogP contribution >= 0.6 is 0 Å². The maximum absolute atomic E-state index is 12.9. The molecule has 3 aliphatic rings. The monoisotopic (exact) mass is 399 g/mol. The molecule has 4 rings (SSSR count). The maximum Gasteiger partial charge on any atom is 0.321 e. The van der Waals surface area contributed by atoms with Gasteiger partial charge in [0.25, 0.3) is 17.7 Å². The number of carbonyl (C=O) groups excluding carboxylic acids is 5. The van der Waals surface area contributed by atoms with Gasteiger partial charge in [-0.3, -0.25) is 33.8 Å². The van der Waals surface area contributed by atoms with Gasteiger partial charge < -0.3 is 4.74 Å². The van der Waals surface area contributed by atoms with Crippen LogP contribution in [-0.4, -0.2) is 76.7 Å². The highest BCUT2D eigenvalue weighted by Crippen LogP contribution is 2.29. The van der Waals surface area contributed by atoms with E-state index in [1.54, 1.807) is 12.1 Å². The van der Waals surface area contributed by atoms with Crippen LogP contribution in [0.3, 0.4) is 0 Å². The predicted octanol–water partition coefficient (Wildman–Crippen LogP) is 0.397. The highest BCUT2D eigenvalue weighted by molar-refractivity contribution is 6.23. The van der Waals surface area contributed by atoms with Crippen molar-refractivity contribution in [2.45, 2.75) is 31.7 Å². The molecule has 0 aliphatic carbocycles. The molecule has 0 radical (unpaired) electrons. The van der Waals surface area contributed by atoms with Gasteiger partial charge in [0.15, 0.2) is 6.73 Å². The summed E-state index contributed by atoms with van der Waals surface area (Å²) < 4.78 is 5.13. The molecule has 1 aromatic rings. The quantitative estimate of drug-likeness (QED) is 0.521. The van der Waals surface area contributed by atoms with E-state index in [0.717, 1.165) is 35.7 Å². The van der Waals surface area contributed by atoms with Crippen molar-refractivity contribution < 1.29 is 28.7 Å². The minimum Gasteiger partial charge on any atom is -0.443 e. The van der Waals surface area contributed by atoms with Gasteiger partial charge in [0.05, 0.1) is 17.7 Å². The Labute approximate surface area is 167 Å². The lowest BCUT2D eigenvalue weighted by Gasteiger charge is -2.34. The number of benzene rings is 1. The smallest absolute Gasteiger partial charge is 0.321 e. The molecule has 9 nitrogen and oxygen atoms in total. The molecule has 3 heterocycles. The number of rotatable bonds is 5. The van der Waals surface area contributed by atoms with E-state index in [1.807, 2.05) is 4.90 Å². The largest absolute Gasteiger partial charge is 0.443 e. The molecule has 1 unspecified atom stereocenters. The van der Waals surface area contributed by atoms with E-state index < -0.39 is 42.4 Å². The van der Waals surface area contributed by atoms with Crippen molar-refractivity contribution in [2.75, 3.05) is 26.4 Å². The average molecular weight is 399 g/mol. The standard InChI is InChI=1S/C20H21N3O6/c24-16-8-7-15(23-18(26)13-5-1-2-6-14(13)19(23)27)20(28)22(16)12-29-17(25)11-21-9-3-4-10-21/h1-2,5-6,15H,3-4,7-12H2. The van der Waals surface area contributed by atoms with Crippen molar-refractivity contribution >= 4 is 29.6 Å². The second kappa shape index (κ2) is 7.75. The number of hydrogen-bond donors (Lipinski definition) is 0. The SMILES string of the molecule is O=C(CN1CCCC1)OCN1C(=O)CCC(N2C(=O)c3ccccc3C2=O)C1=O. The first-order chi connectivity index (χ1) is 14.0. The second-order valence-corrected chi connectivity index (χ2v) is 7.37. The Morgan fingerprint density at radius 2 is 1.62 bits per heavy atom. The molecule has 2 fully saturated rings. The number of amides is 4. The van der Waals surface area contributed by atoms with Crippen molar-refractivity contribution in [2.24, 2.45) is 0 Å². The normalized spacial score (nSPS) is 22.4. The van der Waals surface area contributed by atoms with Crippen molar-refractivity contribution in [1.29, 1.82) is 0 Å². The van der Waals surface area contributed by atoms with Gasteiger partial charge in [0.2, 0.25) is 5.91 Å². The molecule has 9 heteroatoms. The van der Waals surface area contributed by atoms with Crippen molar-refractivity contribution in [3.8, 4) is 0 Å². The zero-order chi connectivity index (χ0) is 20.5. The first-order valence-electron chi connectivity index (χ1n) is 9.66. The van der Waals surface area contributed by atoms with Crippen LogP contribution in [0.4, 0.5) is 0 Å². The fourth-order valence-electron chi connectivity index (χ4n) is 3.99. The third-order valence-corrected chi connectivity index (χ3v) is 5.53. The van der Waals surface area contributed by atoms with E-state index in [1.165, 1.54) is 12.1 Å².